The Balaban J connectivity index is 1.47. The van der Waals surface area contributed by atoms with Crippen LogP contribution in [0.15, 0.2) is 78.9 Å². The average Bonchev–Trinajstić information content (AvgIpc) is 2.88. The number of nitrogens with zero attached hydrogens (tertiary/aromatic N) is 2. The van der Waals surface area contributed by atoms with Crippen molar-refractivity contribution < 1.29 is 9.59 Å². The molecule has 170 valence electrons. The number of piperidine rings is 1. The molecule has 1 heterocycles. The lowest BCUT2D eigenvalue weighted by molar-refractivity contribution is -0.114. The molecular weight excluding hydrogens is 412 g/mol. The summed E-state index contributed by atoms with van der Waals surface area (Å²) in [5.74, 6) is -0.500. The fourth-order valence-electron chi connectivity index (χ4n) is 4.13. The maximum absolute atomic E-state index is 13.3. The molecule has 0 spiro atoms. The van der Waals surface area contributed by atoms with E-state index < -0.39 is 0 Å². The van der Waals surface area contributed by atoms with E-state index in [0.717, 1.165) is 18.7 Å². The summed E-state index contributed by atoms with van der Waals surface area (Å²) in [4.78, 5) is 30.1. The Morgan fingerprint density at radius 3 is 2.30 bits per heavy atom. The molecule has 3 aromatic rings. The molecule has 0 bridgehead atoms. The lowest BCUT2D eigenvalue weighted by Gasteiger charge is -2.29. The van der Waals surface area contributed by atoms with E-state index >= 15 is 0 Å². The number of rotatable bonds is 7. The number of carbonyl (C=O) groups is 2. The van der Waals surface area contributed by atoms with E-state index in [1.54, 1.807) is 12.1 Å². The molecule has 6 nitrogen and oxygen atoms in total. The largest absolute Gasteiger partial charge is 0.372 e. The van der Waals surface area contributed by atoms with Crippen molar-refractivity contribution in [2.45, 2.75) is 25.8 Å². The summed E-state index contributed by atoms with van der Waals surface area (Å²) in [6.07, 6.45) is 3.73. The van der Waals surface area contributed by atoms with Crippen molar-refractivity contribution in [2.75, 3.05) is 34.8 Å². The molecule has 1 aliphatic heterocycles. The number of nitrogens with two attached hydrogens (primary N) is 1. The molecule has 1 saturated heterocycles. The zero-order valence-corrected chi connectivity index (χ0v) is 18.7. The van der Waals surface area contributed by atoms with Crippen molar-refractivity contribution in [3.05, 3.63) is 90.0 Å². The molecule has 0 radical (unpaired) electrons. The maximum Gasteiger partial charge on any atom is 0.258 e. The van der Waals surface area contributed by atoms with Crippen LogP contribution in [0.25, 0.3) is 0 Å². The lowest BCUT2D eigenvalue weighted by Crippen LogP contribution is -2.38. The number of anilines is 3. The molecule has 6 heteroatoms. The minimum Gasteiger partial charge on any atom is -0.372 e. The second-order valence-corrected chi connectivity index (χ2v) is 8.27. The van der Waals surface area contributed by atoms with E-state index in [1.807, 2.05) is 66.7 Å². The molecule has 0 saturated carbocycles. The summed E-state index contributed by atoms with van der Waals surface area (Å²) < 4.78 is 0. The number of amides is 2. The van der Waals surface area contributed by atoms with Crippen LogP contribution in [0.3, 0.4) is 0 Å². The Hall–Kier alpha value is -3.64. The van der Waals surface area contributed by atoms with Crippen LogP contribution in [0.4, 0.5) is 17.1 Å². The van der Waals surface area contributed by atoms with E-state index in [0.29, 0.717) is 23.5 Å². The van der Waals surface area contributed by atoms with Gasteiger partial charge in [0, 0.05) is 42.3 Å². The van der Waals surface area contributed by atoms with Gasteiger partial charge in [-0.05, 0) is 73.4 Å². The highest BCUT2D eigenvalue weighted by molar-refractivity contribution is 6.10. The predicted octanol–water partition coefficient (Wildman–Crippen LogP) is 4.42. The number of hydrogen-bond acceptors (Lipinski definition) is 4. The van der Waals surface area contributed by atoms with Crippen molar-refractivity contribution in [1.82, 2.24) is 0 Å². The Morgan fingerprint density at radius 1 is 0.879 bits per heavy atom. The molecule has 3 aromatic carbocycles. The molecule has 0 atom stereocenters. The standard InChI is InChI=1S/C27H30N4O2/c28-19-21-8-7-9-22(18-21)27(33)31(25-10-3-1-4-11-25)20-26(32)29-23-12-14-24(15-13-23)30-16-5-2-6-17-30/h1,3-4,7-15,18H,2,5-6,16-17,19-20,28H2,(H,29,32). The van der Waals surface area contributed by atoms with Gasteiger partial charge < -0.3 is 16.0 Å². The second kappa shape index (κ2) is 10.8. The molecule has 0 aliphatic carbocycles. The van der Waals surface area contributed by atoms with Crippen LogP contribution < -0.4 is 20.9 Å². The third-order valence-corrected chi connectivity index (χ3v) is 5.90. The molecule has 4 rings (SSSR count). The van der Waals surface area contributed by atoms with Crippen molar-refractivity contribution >= 4 is 28.9 Å². The van der Waals surface area contributed by atoms with Crippen LogP contribution in [0.2, 0.25) is 0 Å². The summed E-state index contributed by atoms with van der Waals surface area (Å²) in [5.41, 5.74) is 9.66. The first-order chi connectivity index (χ1) is 16.1. The Kier molecular flexibility index (Phi) is 7.37. The Bertz CT molecular complexity index is 1080. The van der Waals surface area contributed by atoms with Gasteiger partial charge >= 0.3 is 0 Å². The number of benzene rings is 3. The highest BCUT2D eigenvalue weighted by Crippen LogP contribution is 2.22. The van der Waals surface area contributed by atoms with Crippen LogP contribution in [0.5, 0.6) is 0 Å². The highest BCUT2D eigenvalue weighted by Gasteiger charge is 2.21. The minimum absolute atomic E-state index is 0.0937. The third kappa shape index (κ3) is 5.79. The third-order valence-electron chi connectivity index (χ3n) is 5.90. The van der Waals surface area contributed by atoms with Gasteiger partial charge in [0.05, 0.1) is 0 Å². The lowest BCUT2D eigenvalue weighted by atomic mass is 10.1. The van der Waals surface area contributed by atoms with Gasteiger partial charge in [0.25, 0.3) is 5.91 Å². The van der Waals surface area contributed by atoms with Crippen molar-refractivity contribution in [1.29, 1.82) is 0 Å². The SMILES string of the molecule is NCc1cccc(C(=O)N(CC(=O)Nc2ccc(N3CCCCC3)cc2)c2ccccc2)c1. The maximum atomic E-state index is 13.3. The van der Waals surface area contributed by atoms with Gasteiger partial charge in [-0.25, -0.2) is 0 Å². The second-order valence-electron chi connectivity index (χ2n) is 8.27. The molecule has 0 aromatic heterocycles. The zero-order chi connectivity index (χ0) is 23.0. The van der Waals surface area contributed by atoms with E-state index in [4.69, 9.17) is 5.73 Å². The first-order valence-electron chi connectivity index (χ1n) is 11.4. The van der Waals surface area contributed by atoms with Crippen molar-refractivity contribution in [3.8, 4) is 0 Å². The molecule has 0 unspecified atom stereocenters. The van der Waals surface area contributed by atoms with E-state index in [-0.39, 0.29) is 18.4 Å². The van der Waals surface area contributed by atoms with Crippen LogP contribution in [-0.2, 0) is 11.3 Å². The topological polar surface area (TPSA) is 78.7 Å². The monoisotopic (exact) mass is 442 g/mol. The number of para-hydroxylation sites is 1. The van der Waals surface area contributed by atoms with Crippen molar-refractivity contribution in [3.63, 3.8) is 0 Å². The average molecular weight is 443 g/mol. The fourth-order valence-corrected chi connectivity index (χ4v) is 4.13. The highest BCUT2D eigenvalue weighted by atomic mass is 16.2. The van der Waals surface area contributed by atoms with E-state index in [1.165, 1.54) is 29.8 Å². The van der Waals surface area contributed by atoms with Gasteiger partial charge in [0.15, 0.2) is 0 Å². The van der Waals surface area contributed by atoms with E-state index in [9.17, 15) is 9.59 Å². The summed E-state index contributed by atoms with van der Waals surface area (Å²) >= 11 is 0. The summed E-state index contributed by atoms with van der Waals surface area (Å²) in [7, 11) is 0. The Labute approximate surface area is 195 Å². The minimum atomic E-state index is -0.257. The van der Waals surface area contributed by atoms with Gasteiger partial charge in [-0.15, -0.1) is 0 Å². The number of carbonyl (C=O) groups excluding carboxylic acids is 2. The molecule has 3 N–H and O–H groups in total. The Morgan fingerprint density at radius 2 is 1.61 bits per heavy atom. The van der Waals surface area contributed by atoms with Gasteiger partial charge in [-0.3, -0.25) is 14.5 Å². The summed E-state index contributed by atoms with van der Waals surface area (Å²) in [5, 5.41) is 2.93. The van der Waals surface area contributed by atoms with Crippen molar-refractivity contribution in [2.24, 2.45) is 5.73 Å². The summed E-state index contributed by atoms with van der Waals surface area (Å²) in [6, 6.07) is 24.4. The zero-order valence-electron chi connectivity index (χ0n) is 18.7. The molecule has 1 aliphatic rings. The molecular formula is C27H30N4O2. The van der Waals surface area contributed by atoms with Gasteiger partial charge in [0.2, 0.25) is 5.91 Å². The van der Waals surface area contributed by atoms with Gasteiger partial charge in [0.1, 0.15) is 6.54 Å². The normalized spacial score (nSPS) is 13.4. The van der Waals surface area contributed by atoms with Crippen LogP contribution in [0.1, 0.15) is 35.2 Å². The first-order valence-corrected chi connectivity index (χ1v) is 11.4. The van der Waals surface area contributed by atoms with Crippen LogP contribution in [-0.4, -0.2) is 31.4 Å². The number of nitrogens with one attached hydrogen (secondary N) is 1. The quantitative estimate of drug-likeness (QED) is 0.568. The smallest absolute Gasteiger partial charge is 0.258 e. The number of hydrogen-bond donors (Lipinski definition) is 2. The molecule has 1 fully saturated rings. The van der Waals surface area contributed by atoms with Crippen LogP contribution in [0, 0.1) is 0 Å². The fraction of sp³-hybridized carbons (Fsp3) is 0.259. The van der Waals surface area contributed by atoms with Crippen LogP contribution >= 0.6 is 0 Å². The van der Waals surface area contributed by atoms with E-state index in [2.05, 4.69) is 10.2 Å². The first kappa shape index (κ1) is 22.6. The van der Waals surface area contributed by atoms with Gasteiger partial charge in [-0.1, -0.05) is 30.3 Å². The predicted molar refractivity (Wildman–Crippen MR) is 134 cm³/mol. The summed E-state index contributed by atoms with van der Waals surface area (Å²) in [6.45, 7) is 2.40. The van der Waals surface area contributed by atoms with Gasteiger partial charge in [-0.2, -0.15) is 0 Å². The molecule has 33 heavy (non-hydrogen) atoms. The molecule has 2 amide bonds.